The van der Waals surface area contributed by atoms with E-state index < -0.39 is 0 Å². The average Bonchev–Trinajstić information content (AvgIpc) is 3.58. The molecular weight excluding hydrogens is 623 g/mol. The van der Waals surface area contributed by atoms with Gasteiger partial charge in [0, 0.05) is 27.5 Å². The molecule has 0 radical (unpaired) electrons. The van der Waals surface area contributed by atoms with Crippen molar-refractivity contribution in [1.82, 2.24) is 10.6 Å². The molecule has 2 heterocycles. The van der Waals surface area contributed by atoms with Crippen molar-refractivity contribution in [1.29, 1.82) is 0 Å². The van der Waals surface area contributed by atoms with Crippen molar-refractivity contribution in [3.8, 4) is 22.3 Å². The summed E-state index contributed by atoms with van der Waals surface area (Å²) in [5, 5.41) is 14.6. The fourth-order valence-electron chi connectivity index (χ4n) is 7.64. The number of rotatable bonds is 5. The van der Waals surface area contributed by atoms with Gasteiger partial charge in [-0.25, -0.2) is 4.99 Å². The van der Waals surface area contributed by atoms with Crippen molar-refractivity contribution in [2.45, 2.75) is 12.3 Å². The number of nitrogens with one attached hydrogen (secondary N) is 2. The number of amidine groups is 1. The maximum Gasteiger partial charge on any atom is 0.143 e. The minimum atomic E-state index is -0.281. The quantitative estimate of drug-likeness (QED) is 0.194. The van der Waals surface area contributed by atoms with Gasteiger partial charge in [-0.3, -0.25) is 5.32 Å². The predicted molar refractivity (Wildman–Crippen MR) is 211 cm³/mol. The largest absolute Gasteiger partial charge is 0.455 e. The number of nitrogens with zero attached hydrogens (tertiary/aromatic N) is 1. The standard InChI is InChI=1S/C47H33N3O/c1-3-12-30(13-4-1)31-22-24-33(25-23-31)38-26-27-40(43-41-28-35-17-7-8-18-36(35)29-42(41)51-44(38)43)47-49-45(34-15-5-2-6-16-34)48-46(50-47)39-21-11-19-32-14-9-10-20-37(32)39/h1-29,46-47,50H,(H,48,49). The fraction of sp³-hybridized carbons (Fsp3) is 0.0426. The van der Waals surface area contributed by atoms with Crippen molar-refractivity contribution < 1.29 is 4.42 Å². The van der Waals surface area contributed by atoms with Gasteiger partial charge in [0.15, 0.2) is 0 Å². The van der Waals surface area contributed by atoms with Gasteiger partial charge >= 0.3 is 0 Å². The summed E-state index contributed by atoms with van der Waals surface area (Å²) in [5.41, 5.74) is 9.60. The van der Waals surface area contributed by atoms with Crippen LogP contribution in [-0.2, 0) is 0 Å². The molecule has 0 saturated heterocycles. The Kier molecular flexibility index (Phi) is 7.00. The van der Waals surface area contributed by atoms with E-state index in [1.165, 1.54) is 27.3 Å². The number of hydrogen-bond donors (Lipinski definition) is 2. The van der Waals surface area contributed by atoms with E-state index in [0.717, 1.165) is 61.0 Å². The van der Waals surface area contributed by atoms with Gasteiger partial charge in [0.1, 0.15) is 29.3 Å². The van der Waals surface area contributed by atoms with E-state index in [9.17, 15) is 0 Å². The maximum atomic E-state index is 6.89. The van der Waals surface area contributed by atoms with Crippen molar-refractivity contribution in [3.63, 3.8) is 0 Å². The first kappa shape index (κ1) is 29.4. The molecule has 4 nitrogen and oxygen atoms in total. The van der Waals surface area contributed by atoms with E-state index in [2.05, 4.69) is 180 Å². The molecule has 1 aliphatic rings. The maximum absolute atomic E-state index is 6.89. The summed E-state index contributed by atoms with van der Waals surface area (Å²) in [6.45, 7) is 0. The van der Waals surface area contributed by atoms with E-state index in [4.69, 9.17) is 9.41 Å². The molecule has 51 heavy (non-hydrogen) atoms. The van der Waals surface area contributed by atoms with Crippen LogP contribution in [0.1, 0.15) is 29.0 Å². The SMILES string of the molecule is c1ccc(C2=NC(c3cccc4ccccc34)NC(c3ccc(-c4ccc(-c5ccccc5)cc4)c4oc5cc6ccccc6cc5c34)N2)cc1. The number of aliphatic imine (C=N–C) groups is 1. The first-order valence-corrected chi connectivity index (χ1v) is 17.4. The van der Waals surface area contributed by atoms with Gasteiger partial charge in [0.2, 0.25) is 0 Å². The highest BCUT2D eigenvalue weighted by Crippen LogP contribution is 2.42. The van der Waals surface area contributed by atoms with Crippen LogP contribution >= 0.6 is 0 Å². The van der Waals surface area contributed by atoms with E-state index in [0.29, 0.717) is 0 Å². The molecule has 0 amide bonds. The number of benzene rings is 8. The first-order valence-electron chi connectivity index (χ1n) is 17.4. The summed E-state index contributed by atoms with van der Waals surface area (Å²) >= 11 is 0. The highest BCUT2D eigenvalue weighted by atomic mass is 16.3. The van der Waals surface area contributed by atoms with Gasteiger partial charge in [0.05, 0.1) is 0 Å². The zero-order valence-corrected chi connectivity index (χ0v) is 27.8. The zero-order chi connectivity index (χ0) is 33.7. The van der Waals surface area contributed by atoms with Gasteiger partial charge in [-0.2, -0.15) is 0 Å². The molecule has 0 spiro atoms. The highest BCUT2D eigenvalue weighted by Gasteiger charge is 2.29. The zero-order valence-electron chi connectivity index (χ0n) is 27.8. The Morgan fingerprint density at radius 3 is 1.88 bits per heavy atom. The Hall–Kier alpha value is -6.49. The van der Waals surface area contributed by atoms with Gasteiger partial charge in [-0.05, 0) is 55.9 Å². The summed E-state index contributed by atoms with van der Waals surface area (Å²) < 4.78 is 6.89. The van der Waals surface area contributed by atoms with Crippen LogP contribution in [0.25, 0.3) is 65.7 Å². The van der Waals surface area contributed by atoms with Gasteiger partial charge < -0.3 is 9.73 Å². The summed E-state index contributed by atoms with van der Waals surface area (Å²) in [4.78, 5) is 5.29. The molecule has 242 valence electrons. The normalized spacial score (nSPS) is 16.0. The van der Waals surface area contributed by atoms with Crippen LogP contribution in [0.3, 0.4) is 0 Å². The molecule has 2 atom stereocenters. The lowest BCUT2D eigenvalue weighted by molar-refractivity contribution is 0.412. The molecule has 0 saturated carbocycles. The van der Waals surface area contributed by atoms with Gasteiger partial charge in [-0.15, -0.1) is 0 Å². The summed E-state index contributed by atoms with van der Waals surface area (Å²) in [6, 6.07) is 62.1. The lowest BCUT2D eigenvalue weighted by Crippen LogP contribution is -2.45. The summed E-state index contributed by atoms with van der Waals surface area (Å²) in [5.74, 6) is 0.851. The number of fused-ring (bicyclic) bond motifs is 5. The Morgan fingerprint density at radius 2 is 1.10 bits per heavy atom. The second-order valence-electron chi connectivity index (χ2n) is 13.2. The number of furan rings is 1. The molecule has 4 heteroatoms. The summed E-state index contributed by atoms with van der Waals surface area (Å²) in [7, 11) is 0. The average molecular weight is 656 g/mol. The summed E-state index contributed by atoms with van der Waals surface area (Å²) in [6.07, 6.45) is -0.539. The molecule has 0 fully saturated rings. The smallest absolute Gasteiger partial charge is 0.143 e. The molecule has 2 unspecified atom stereocenters. The second kappa shape index (κ2) is 12.1. The van der Waals surface area contributed by atoms with Crippen molar-refractivity contribution in [3.05, 3.63) is 193 Å². The van der Waals surface area contributed by atoms with Crippen LogP contribution in [0, 0.1) is 0 Å². The van der Waals surface area contributed by atoms with Crippen LogP contribution in [0.4, 0.5) is 0 Å². The van der Waals surface area contributed by atoms with Crippen LogP contribution in [0.15, 0.2) is 185 Å². The predicted octanol–water partition coefficient (Wildman–Crippen LogP) is 11.6. The van der Waals surface area contributed by atoms with Crippen molar-refractivity contribution >= 4 is 49.3 Å². The lowest BCUT2D eigenvalue weighted by atomic mass is 9.94. The molecule has 2 N–H and O–H groups in total. The van der Waals surface area contributed by atoms with E-state index in [-0.39, 0.29) is 12.3 Å². The minimum absolute atomic E-state index is 0.258. The van der Waals surface area contributed by atoms with Crippen LogP contribution in [0.5, 0.6) is 0 Å². The molecular formula is C47H33N3O. The molecule has 0 aliphatic carbocycles. The third-order valence-corrected chi connectivity index (χ3v) is 10.2. The van der Waals surface area contributed by atoms with Crippen LogP contribution in [0.2, 0.25) is 0 Å². The monoisotopic (exact) mass is 655 g/mol. The lowest BCUT2D eigenvalue weighted by Gasteiger charge is -2.33. The Bertz CT molecular complexity index is 2740. The third kappa shape index (κ3) is 5.16. The van der Waals surface area contributed by atoms with Crippen molar-refractivity contribution in [2.75, 3.05) is 0 Å². The highest BCUT2D eigenvalue weighted by molar-refractivity contribution is 6.15. The van der Waals surface area contributed by atoms with E-state index in [1.54, 1.807) is 0 Å². The Balaban J connectivity index is 1.17. The second-order valence-corrected chi connectivity index (χ2v) is 13.2. The van der Waals surface area contributed by atoms with Crippen LogP contribution in [-0.4, -0.2) is 5.84 Å². The third-order valence-electron chi connectivity index (χ3n) is 10.2. The van der Waals surface area contributed by atoms with E-state index >= 15 is 0 Å². The molecule has 1 aliphatic heterocycles. The van der Waals surface area contributed by atoms with Gasteiger partial charge in [0.25, 0.3) is 0 Å². The molecule has 9 aromatic rings. The fourth-order valence-corrected chi connectivity index (χ4v) is 7.64. The van der Waals surface area contributed by atoms with Crippen molar-refractivity contribution in [2.24, 2.45) is 4.99 Å². The Morgan fingerprint density at radius 1 is 0.471 bits per heavy atom. The minimum Gasteiger partial charge on any atom is -0.455 e. The van der Waals surface area contributed by atoms with E-state index in [1.807, 2.05) is 6.07 Å². The first-order chi connectivity index (χ1) is 25.3. The molecule has 0 bridgehead atoms. The topological polar surface area (TPSA) is 49.6 Å². The number of hydrogen-bond acceptors (Lipinski definition) is 4. The van der Waals surface area contributed by atoms with Crippen LogP contribution < -0.4 is 10.6 Å². The molecule has 10 rings (SSSR count). The van der Waals surface area contributed by atoms with Gasteiger partial charge in [-0.1, -0.05) is 164 Å². The Labute approximate surface area is 295 Å². The molecule has 8 aromatic carbocycles. The molecule has 1 aromatic heterocycles.